The van der Waals surface area contributed by atoms with Crippen molar-refractivity contribution in [3.8, 4) is 0 Å². The molecule has 0 amide bonds. The van der Waals surface area contributed by atoms with E-state index >= 15 is 0 Å². The third-order valence-electron chi connectivity index (χ3n) is 3.36. The Bertz CT molecular complexity index is 456. The standard InChI is InChI=1S/C12H22N2O6S/c1-20-11(15)7-6-10(12(16)17)13-21(18,19)14-8-4-2-3-5-9-14/h10,13H,2-9H2,1H3,(H,16,17). The van der Waals surface area contributed by atoms with E-state index in [2.05, 4.69) is 9.46 Å². The normalized spacial score (nSPS) is 18.7. The zero-order valence-electron chi connectivity index (χ0n) is 12.1. The van der Waals surface area contributed by atoms with Crippen molar-refractivity contribution < 1.29 is 27.9 Å². The van der Waals surface area contributed by atoms with E-state index < -0.39 is 28.2 Å². The number of hydrogen-bond acceptors (Lipinski definition) is 5. The molecule has 0 spiro atoms. The summed E-state index contributed by atoms with van der Waals surface area (Å²) in [6.07, 6.45) is 3.17. The van der Waals surface area contributed by atoms with Crippen LogP contribution in [0.3, 0.4) is 0 Å². The van der Waals surface area contributed by atoms with Crippen LogP contribution in [0.4, 0.5) is 0 Å². The Hall–Kier alpha value is -1.19. The van der Waals surface area contributed by atoms with Crippen LogP contribution in [0.5, 0.6) is 0 Å². The Balaban J connectivity index is 2.67. The predicted octanol–water partition coefficient (Wildman–Crippen LogP) is 0.103. The zero-order chi connectivity index (χ0) is 15.9. The van der Waals surface area contributed by atoms with Gasteiger partial charge in [-0.1, -0.05) is 12.8 Å². The smallest absolute Gasteiger partial charge is 0.321 e. The van der Waals surface area contributed by atoms with E-state index in [0.29, 0.717) is 13.1 Å². The average molecular weight is 322 g/mol. The number of carbonyl (C=O) groups is 2. The minimum Gasteiger partial charge on any atom is -0.480 e. The Labute approximate surface area is 124 Å². The first-order valence-corrected chi connectivity index (χ1v) is 8.38. The first-order chi connectivity index (χ1) is 9.86. The van der Waals surface area contributed by atoms with Gasteiger partial charge in [0.1, 0.15) is 6.04 Å². The lowest BCUT2D eigenvalue weighted by atomic mass is 10.2. The SMILES string of the molecule is COC(=O)CCC(NS(=O)(=O)N1CCCCCC1)C(=O)O. The second-order valence-electron chi connectivity index (χ2n) is 4.94. The number of carboxylic acid groups (broad SMARTS) is 1. The number of nitrogens with zero attached hydrogens (tertiary/aromatic N) is 1. The highest BCUT2D eigenvalue weighted by Gasteiger charge is 2.29. The van der Waals surface area contributed by atoms with Gasteiger partial charge in [-0.25, -0.2) is 0 Å². The minimum atomic E-state index is -3.86. The topological polar surface area (TPSA) is 113 Å². The van der Waals surface area contributed by atoms with E-state index in [-0.39, 0.29) is 12.8 Å². The Morgan fingerprint density at radius 2 is 1.81 bits per heavy atom. The van der Waals surface area contributed by atoms with Crippen molar-refractivity contribution in [2.75, 3.05) is 20.2 Å². The highest BCUT2D eigenvalue weighted by atomic mass is 32.2. The van der Waals surface area contributed by atoms with Gasteiger partial charge >= 0.3 is 11.9 Å². The van der Waals surface area contributed by atoms with Crippen molar-refractivity contribution in [2.24, 2.45) is 0 Å². The number of aliphatic carboxylic acids is 1. The van der Waals surface area contributed by atoms with Gasteiger partial charge < -0.3 is 9.84 Å². The molecule has 1 aliphatic heterocycles. The first kappa shape index (κ1) is 17.9. The number of rotatable bonds is 7. The van der Waals surface area contributed by atoms with Gasteiger partial charge in [0.2, 0.25) is 0 Å². The van der Waals surface area contributed by atoms with Crippen molar-refractivity contribution in [2.45, 2.75) is 44.6 Å². The van der Waals surface area contributed by atoms with Gasteiger partial charge in [-0.3, -0.25) is 9.59 Å². The van der Waals surface area contributed by atoms with Gasteiger partial charge in [0.25, 0.3) is 10.2 Å². The summed E-state index contributed by atoms with van der Waals surface area (Å²) < 4.78 is 32.3. The van der Waals surface area contributed by atoms with Crippen molar-refractivity contribution in [3.63, 3.8) is 0 Å². The largest absolute Gasteiger partial charge is 0.480 e. The fourth-order valence-electron chi connectivity index (χ4n) is 2.13. The number of hydrogen-bond donors (Lipinski definition) is 2. The molecule has 0 saturated carbocycles. The second-order valence-corrected chi connectivity index (χ2v) is 6.64. The van der Waals surface area contributed by atoms with Crippen molar-refractivity contribution >= 4 is 22.1 Å². The van der Waals surface area contributed by atoms with Crippen LogP contribution in [0.25, 0.3) is 0 Å². The Morgan fingerprint density at radius 1 is 1.24 bits per heavy atom. The molecule has 9 heteroatoms. The summed E-state index contributed by atoms with van der Waals surface area (Å²) in [5, 5.41) is 9.08. The number of nitrogens with one attached hydrogen (secondary N) is 1. The van der Waals surface area contributed by atoms with Gasteiger partial charge in [0, 0.05) is 19.5 Å². The molecule has 1 heterocycles. The molecule has 0 bridgehead atoms. The number of carbonyl (C=O) groups excluding carboxylic acids is 1. The van der Waals surface area contributed by atoms with Crippen LogP contribution in [0.15, 0.2) is 0 Å². The van der Waals surface area contributed by atoms with Crippen LogP contribution in [0.2, 0.25) is 0 Å². The van der Waals surface area contributed by atoms with E-state index in [1.807, 2.05) is 0 Å². The molecule has 0 aromatic rings. The molecule has 0 aliphatic carbocycles. The third kappa shape index (κ3) is 5.98. The Morgan fingerprint density at radius 3 is 2.29 bits per heavy atom. The molecule has 21 heavy (non-hydrogen) atoms. The van der Waals surface area contributed by atoms with E-state index in [4.69, 9.17) is 5.11 Å². The average Bonchev–Trinajstić information content (AvgIpc) is 2.72. The van der Waals surface area contributed by atoms with Crippen molar-refractivity contribution in [1.29, 1.82) is 0 Å². The van der Waals surface area contributed by atoms with Crippen LogP contribution in [-0.4, -0.2) is 56.0 Å². The molecule has 0 aromatic carbocycles. The summed E-state index contributed by atoms with van der Waals surface area (Å²) in [6.45, 7) is 0.775. The van der Waals surface area contributed by atoms with Gasteiger partial charge in [-0.15, -0.1) is 0 Å². The van der Waals surface area contributed by atoms with Crippen LogP contribution in [-0.2, 0) is 24.5 Å². The molecule has 1 fully saturated rings. The summed E-state index contributed by atoms with van der Waals surface area (Å²) in [4.78, 5) is 22.2. The summed E-state index contributed by atoms with van der Waals surface area (Å²) >= 11 is 0. The summed E-state index contributed by atoms with van der Waals surface area (Å²) in [7, 11) is -2.66. The fraction of sp³-hybridized carbons (Fsp3) is 0.833. The fourth-order valence-corrected chi connectivity index (χ4v) is 3.60. The van der Waals surface area contributed by atoms with Gasteiger partial charge in [-0.05, 0) is 19.3 Å². The molecule has 8 nitrogen and oxygen atoms in total. The highest BCUT2D eigenvalue weighted by molar-refractivity contribution is 7.87. The van der Waals surface area contributed by atoms with Gasteiger partial charge in [0.05, 0.1) is 7.11 Å². The van der Waals surface area contributed by atoms with Crippen LogP contribution >= 0.6 is 0 Å². The van der Waals surface area contributed by atoms with E-state index in [1.165, 1.54) is 11.4 Å². The molecule has 0 aromatic heterocycles. The molecule has 1 aliphatic rings. The summed E-state index contributed by atoms with van der Waals surface area (Å²) in [5.74, 6) is -1.88. The highest BCUT2D eigenvalue weighted by Crippen LogP contribution is 2.13. The monoisotopic (exact) mass is 322 g/mol. The van der Waals surface area contributed by atoms with E-state index in [9.17, 15) is 18.0 Å². The maximum absolute atomic E-state index is 12.2. The lowest BCUT2D eigenvalue weighted by Crippen LogP contribution is -2.48. The first-order valence-electron chi connectivity index (χ1n) is 6.94. The van der Waals surface area contributed by atoms with Gasteiger partial charge in [-0.2, -0.15) is 17.4 Å². The van der Waals surface area contributed by atoms with E-state index in [0.717, 1.165) is 25.7 Å². The zero-order valence-corrected chi connectivity index (χ0v) is 12.9. The molecule has 1 unspecified atom stereocenters. The van der Waals surface area contributed by atoms with Crippen LogP contribution in [0.1, 0.15) is 38.5 Å². The predicted molar refractivity (Wildman–Crippen MR) is 74.8 cm³/mol. The molecular weight excluding hydrogens is 300 g/mol. The lowest BCUT2D eigenvalue weighted by molar-refractivity contribution is -0.142. The quantitative estimate of drug-likeness (QED) is 0.643. The number of carboxylic acids is 1. The maximum Gasteiger partial charge on any atom is 0.321 e. The summed E-state index contributed by atoms with van der Waals surface area (Å²) in [6, 6.07) is -1.34. The molecule has 2 N–H and O–H groups in total. The lowest BCUT2D eigenvalue weighted by Gasteiger charge is -2.23. The molecular formula is C12H22N2O6S. The molecule has 122 valence electrons. The maximum atomic E-state index is 12.2. The third-order valence-corrected chi connectivity index (χ3v) is 4.99. The van der Waals surface area contributed by atoms with Crippen molar-refractivity contribution in [1.82, 2.24) is 9.03 Å². The molecule has 0 radical (unpaired) electrons. The van der Waals surface area contributed by atoms with Gasteiger partial charge in [0.15, 0.2) is 0 Å². The van der Waals surface area contributed by atoms with E-state index in [1.54, 1.807) is 0 Å². The number of esters is 1. The van der Waals surface area contributed by atoms with Crippen LogP contribution < -0.4 is 4.72 Å². The second kappa shape index (κ2) is 8.30. The number of methoxy groups -OCH3 is 1. The molecule has 1 saturated heterocycles. The molecule has 1 rings (SSSR count). The summed E-state index contributed by atoms with van der Waals surface area (Å²) in [5.41, 5.74) is 0. The van der Waals surface area contributed by atoms with Crippen LogP contribution in [0, 0.1) is 0 Å². The molecule has 1 atom stereocenters. The Kier molecular flexibility index (Phi) is 7.06. The van der Waals surface area contributed by atoms with Crippen molar-refractivity contribution in [3.05, 3.63) is 0 Å². The minimum absolute atomic E-state index is 0.144. The number of ether oxygens (including phenoxy) is 1.